The monoisotopic (exact) mass is 255 g/mol. The molecule has 0 atom stereocenters. The van der Waals surface area contributed by atoms with Gasteiger partial charge in [-0.1, -0.05) is 0 Å². The van der Waals surface area contributed by atoms with Gasteiger partial charge in [-0.25, -0.2) is 4.68 Å². The second-order valence-corrected chi connectivity index (χ2v) is 4.62. The average molecular weight is 255 g/mol. The topological polar surface area (TPSA) is 90.2 Å². The van der Waals surface area contributed by atoms with E-state index in [1.807, 2.05) is 25.8 Å². The third kappa shape index (κ3) is 2.79. The van der Waals surface area contributed by atoms with Crippen molar-refractivity contribution in [2.24, 2.45) is 5.73 Å². The lowest BCUT2D eigenvalue weighted by Crippen LogP contribution is -2.25. The maximum atomic E-state index is 11.2. The molecule has 18 heavy (non-hydrogen) atoms. The molecule has 0 amide bonds. The van der Waals surface area contributed by atoms with Gasteiger partial charge in [-0.05, 0) is 33.7 Å². The molecule has 0 aromatic carbocycles. The van der Waals surface area contributed by atoms with E-state index in [0.717, 1.165) is 6.42 Å². The van der Waals surface area contributed by atoms with Crippen LogP contribution in [0.25, 0.3) is 0 Å². The molecule has 102 valence electrons. The predicted octanol–water partition coefficient (Wildman–Crippen LogP) is 1.47. The van der Waals surface area contributed by atoms with Crippen molar-refractivity contribution in [1.82, 2.24) is 9.78 Å². The van der Waals surface area contributed by atoms with Crippen molar-refractivity contribution in [3.8, 4) is 0 Å². The fourth-order valence-corrected chi connectivity index (χ4v) is 1.89. The number of nitro groups is 1. The summed E-state index contributed by atoms with van der Waals surface area (Å²) < 4.78 is 1.70. The van der Waals surface area contributed by atoms with Crippen LogP contribution in [0.4, 0.5) is 11.5 Å². The first kappa shape index (κ1) is 14.4. The lowest BCUT2D eigenvalue weighted by Gasteiger charge is -2.20. The molecule has 0 fully saturated rings. The molecule has 0 bridgehead atoms. The summed E-state index contributed by atoms with van der Waals surface area (Å²) in [4.78, 5) is 12.6. The maximum Gasteiger partial charge on any atom is 0.333 e. The third-order valence-corrected chi connectivity index (χ3v) is 2.76. The zero-order valence-electron chi connectivity index (χ0n) is 11.4. The zero-order valence-corrected chi connectivity index (χ0v) is 11.4. The minimum Gasteiger partial charge on any atom is -0.354 e. The van der Waals surface area contributed by atoms with Crippen molar-refractivity contribution in [3.05, 3.63) is 15.8 Å². The van der Waals surface area contributed by atoms with Gasteiger partial charge < -0.3 is 10.6 Å². The van der Waals surface area contributed by atoms with Crippen molar-refractivity contribution < 1.29 is 4.92 Å². The van der Waals surface area contributed by atoms with E-state index in [-0.39, 0.29) is 16.7 Å². The van der Waals surface area contributed by atoms with Crippen molar-refractivity contribution >= 4 is 11.5 Å². The standard InChI is InChI=1S/C11H21N5O2/c1-8(2)15-11(14(4)7-5-6-12)10(16(17)18)9(3)13-15/h8H,5-7,12H2,1-4H3. The fourth-order valence-electron chi connectivity index (χ4n) is 1.89. The van der Waals surface area contributed by atoms with Gasteiger partial charge >= 0.3 is 5.69 Å². The van der Waals surface area contributed by atoms with Crippen LogP contribution in [0.15, 0.2) is 0 Å². The van der Waals surface area contributed by atoms with E-state index in [4.69, 9.17) is 5.73 Å². The largest absolute Gasteiger partial charge is 0.354 e. The zero-order chi connectivity index (χ0) is 13.9. The molecule has 0 aliphatic heterocycles. The third-order valence-electron chi connectivity index (χ3n) is 2.76. The van der Waals surface area contributed by atoms with Gasteiger partial charge in [-0.15, -0.1) is 0 Å². The molecule has 0 spiro atoms. The first-order valence-electron chi connectivity index (χ1n) is 6.04. The van der Waals surface area contributed by atoms with Crippen LogP contribution >= 0.6 is 0 Å². The van der Waals surface area contributed by atoms with E-state index in [9.17, 15) is 10.1 Å². The van der Waals surface area contributed by atoms with Gasteiger partial charge in [0.2, 0.25) is 5.82 Å². The SMILES string of the molecule is Cc1nn(C(C)C)c(N(C)CCCN)c1[N+](=O)[O-]. The summed E-state index contributed by atoms with van der Waals surface area (Å²) in [6.07, 6.45) is 0.788. The summed E-state index contributed by atoms with van der Waals surface area (Å²) in [6.45, 7) is 6.81. The van der Waals surface area contributed by atoms with E-state index in [1.165, 1.54) is 0 Å². The van der Waals surface area contributed by atoms with Gasteiger partial charge in [-0.3, -0.25) is 10.1 Å². The highest BCUT2D eigenvalue weighted by molar-refractivity contribution is 5.61. The Kier molecular flexibility index (Phi) is 4.66. The van der Waals surface area contributed by atoms with Crippen LogP contribution in [-0.4, -0.2) is 34.8 Å². The molecule has 1 heterocycles. The quantitative estimate of drug-likeness (QED) is 0.614. The molecule has 0 aliphatic rings. The van der Waals surface area contributed by atoms with E-state index >= 15 is 0 Å². The van der Waals surface area contributed by atoms with Crippen molar-refractivity contribution in [3.63, 3.8) is 0 Å². The molecule has 2 N–H and O–H groups in total. The molecule has 7 nitrogen and oxygen atoms in total. The molecular weight excluding hydrogens is 234 g/mol. The molecule has 0 radical (unpaired) electrons. The summed E-state index contributed by atoms with van der Waals surface area (Å²) in [5.41, 5.74) is 6.01. The minimum atomic E-state index is -0.366. The lowest BCUT2D eigenvalue weighted by molar-refractivity contribution is -0.384. The highest BCUT2D eigenvalue weighted by Gasteiger charge is 2.28. The summed E-state index contributed by atoms with van der Waals surface area (Å²) in [5, 5.41) is 15.4. The molecule has 1 rings (SSSR count). The molecule has 0 aliphatic carbocycles. The van der Waals surface area contributed by atoms with Crippen LogP contribution in [0.1, 0.15) is 32.0 Å². The van der Waals surface area contributed by atoms with Gasteiger partial charge in [0.15, 0.2) is 0 Å². The molecule has 0 saturated heterocycles. The Morgan fingerprint density at radius 3 is 2.61 bits per heavy atom. The summed E-state index contributed by atoms with van der Waals surface area (Å²) in [7, 11) is 1.83. The van der Waals surface area contributed by atoms with Crippen LogP contribution < -0.4 is 10.6 Å². The summed E-state index contributed by atoms with van der Waals surface area (Å²) in [5.74, 6) is 0.556. The van der Waals surface area contributed by atoms with Crippen LogP contribution in [0.5, 0.6) is 0 Å². The van der Waals surface area contributed by atoms with Gasteiger partial charge in [0.25, 0.3) is 0 Å². The Bertz CT molecular complexity index is 427. The average Bonchev–Trinajstić information content (AvgIpc) is 2.63. The maximum absolute atomic E-state index is 11.2. The van der Waals surface area contributed by atoms with E-state index in [2.05, 4.69) is 5.10 Å². The predicted molar refractivity (Wildman–Crippen MR) is 70.9 cm³/mol. The van der Waals surface area contributed by atoms with Crippen molar-refractivity contribution in [2.75, 3.05) is 25.0 Å². The number of aryl methyl sites for hydroxylation is 1. The molecular formula is C11H21N5O2. The van der Waals surface area contributed by atoms with Crippen molar-refractivity contribution in [2.45, 2.75) is 33.2 Å². The Morgan fingerprint density at radius 2 is 2.17 bits per heavy atom. The first-order chi connectivity index (χ1) is 8.40. The Labute approximate surface area is 107 Å². The number of hydrogen-bond acceptors (Lipinski definition) is 5. The fraction of sp³-hybridized carbons (Fsp3) is 0.727. The number of nitrogens with two attached hydrogens (primary N) is 1. The number of hydrogen-bond donors (Lipinski definition) is 1. The number of nitrogens with zero attached hydrogens (tertiary/aromatic N) is 4. The molecule has 1 aromatic rings. The molecule has 0 saturated carbocycles. The molecule has 0 unspecified atom stereocenters. The van der Waals surface area contributed by atoms with E-state index in [0.29, 0.717) is 24.6 Å². The van der Waals surface area contributed by atoms with E-state index in [1.54, 1.807) is 11.6 Å². The van der Waals surface area contributed by atoms with Crippen molar-refractivity contribution in [1.29, 1.82) is 0 Å². The molecule has 1 aromatic heterocycles. The second kappa shape index (κ2) is 5.81. The summed E-state index contributed by atoms with van der Waals surface area (Å²) >= 11 is 0. The lowest BCUT2D eigenvalue weighted by atomic mass is 10.3. The Hall–Kier alpha value is -1.63. The van der Waals surface area contributed by atoms with Crippen LogP contribution in [-0.2, 0) is 0 Å². The van der Waals surface area contributed by atoms with Crippen LogP contribution in [0.3, 0.4) is 0 Å². The van der Waals surface area contributed by atoms with Gasteiger partial charge in [0.05, 0.1) is 4.92 Å². The Morgan fingerprint density at radius 1 is 1.56 bits per heavy atom. The second-order valence-electron chi connectivity index (χ2n) is 4.62. The van der Waals surface area contributed by atoms with Gasteiger partial charge in [0.1, 0.15) is 5.69 Å². The van der Waals surface area contributed by atoms with Gasteiger partial charge in [0, 0.05) is 19.6 Å². The normalized spacial score (nSPS) is 11.0. The minimum absolute atomic E-state index is 0.0766. The molecule has 7 heteroatoms. The highest BCUT2D eigenvalue weighted by Crippen LogP contribution is 2.33. The number of rotatable bonds is 6. The van der Waals surface area contributed by atoms with Gasteiger partial charge in [-0.2, -0.15) is 5.10 Å². The first-order valence-corrected chi connectivity index (χ1v) is 6.04. The number of aromatic nitrogens is 2. The smallest absolute Gasteiger partial charge is 0.333 e. The van der Waals surface area contributed by atoms with Crippen LogP contribution in [0, 0.1) is 17.0 Å². The van der Waals surface area contributed by atoms with E-state index < -0.39 is 0 Å². The summed E-state index contributed by atoms with van der Waals surface area (Å²) in [6, 6.07) is 0.0766. The Balaban J connectivity index is 3.23. The highest BCUT2D eigenvalue weighted by atomic mass is 16.6. The number of anilines is 1. The van der Waals surface area contributed by atoms with Crippen LogP contribution in [0.2, 0.25) is 0 Å².